The molecule has 0 spiro atoms. The van der Waals surface area contributed by atoms with E-state index in [2.05, 4.69) is 43.2 Å². The fourth-order valence-electron chi connectivity index (χ4n) is 2.67. The number of aryl methyl sites for hydroxylation is 3. The zero-order valence-corrected chi connectivity index (χ0v) is 17.2. The fourth-order valence-corrected chi connectivity index (χ4v) is 3.51. The van der Waals surface area contributed by atoms with E-state index in [-0.39, 0.29) is 5.91 Å². The highest BCUT2D eigenvalue weighted by atomic mass is 35.5. The molecule has 1 atom stereocenters. The van der Waals surface area contributed by atoms with E-state index < -0.39 is 6.10 Å². The first-order chi connectivity index (χ1) is 12.8. The zero-order valence-electron chi connectivity index (χ0n) is 15.7. The Morgan fingerprint density at radius 2 is 1.78 bits per heavy atom. The van der Waals surface area contributed by atoms with E-state index in [0.717, 1.165) is 11.3 Å². The average Bonchev–Trinajstić information content (AvgIpc) is 3.08. The molecule has 1 heterocycles. The van der Waals surface area contributed by atoms with Gasteiger partial charge in [-0.3, -0.25) is 10.1 Å². The van der Waals surface area contributed by atoms with Gasteiger partial charge in [0.15, 0.2) is 11.2 Å². The number of thiazole rings is 1. The van der Waals surface area contributed by atoms with Crippen molar-refractivity contribution >= 4 is 34.0 Å². The number of carbonyl (C=O) groups is 1. The van der Waals surface area contributed by atoms with Gasteiger partial charge in [-0.2, -0.15) is 0 Å². The quantitative estimate of drug-likeness (QED) is 0.589. The van der Waals surface area contributed by atoms with E-state index in [0.29, 0.717) is 15.9 Å². The molecule has 0 aliphatic carbocycles. The second-order valence-corrected chi connectivity index (χ2v) is 7.79. The molecule has 0 fully saturated rings. The highest BCUT2D eigenvalue weighted by Crippen LogP contribution is 2.29. The normalized spacial score (nSPS) is 11.9. The Labute approximate surface area is 168 Å². The molecule has 0 saturated carbocycles. The summed E-state index contributed by atoms with van der Waals surface area (Å²) in [7, 11) is 0. The van der Waals surface area contributed by atoms with Crippen molar-refractivity contribution in [3.63, 3.8) is 0 Å². The number of amides is 1. The van der Waals surface area contributed by atoms with Crippen LogP contribution < -0.4 is 10.1 Å². The van der Waals surface area contributed by atoms with Crippen LogP contribution in [-0.2, 0) is 4.79 Å². The summed E-state index contributed by atoms with van der Waals surface area (Å²) in [5.74, 6) is 0.343. The van der Waals surface area contributed by atoms with Gasteiger partial charge in [-0.15, -0.1) is 11.3 Å². The number of hydrogen-bond acceptors (Lipinski definition) is 4. The minimum Gasteiger partial charge on any atom is -0.481 e. The minimum atomic E-state index is -0.651. The number of hydrogen-bond donors (Lipinski definition) is 1. The highest BCUT2D eigenvalue weighted by molar-refractivity contribution is 7.14. The van der Waals surface area contributed by atoms with Gasteiger partial charge in [-0.25, -0.2) is 4.98 Å². The SMILES string of the molecule is Cc1cc(C)c(-c2csc(NC(=O)[C@H](C)Oc3ccc(Cl)cc3)n2)cc1C. The molecule has 140 valence electrons. The molecule has 0 aliphatic heterocycles. The Hall–Kier alpha value is -2.37. The molecule has 0 aliphatic rings. The standard InChI is InChI=1S/C21H21ClN2O2S/c1-12-9-14(3)18(10-13(12)2)19-11-27-21(23-19)24-20(25)15(4)26-17-7-5-16(22)6-8-17/h5-11,15H,1-4H3,(H,23,24,25)/t15-/m0/s1. The number of halogens is 1. The van der Waals surface area contributed by atoms with Crippen LogP contribution in [0.15, 0.2) is 41.8 Å². The maximum absolute atomic E-state index is 12.4. The predicted molar refractivity (Wildman–Crippen MR) is 112 cm³/mol. The number of nitrogens with one attached hydrogen (secondary N) is 1. The van der Waals surface area contributed by atoms with Crippen molar-refractivity contribution in [3.05, 3.63) is 63.5 Å². The van der Waals surface area contributed by atoms with Crippen LogP contribution in [0.3, 0.4) is 0 Å². The van der Waals surface area contributed by atoms with Crippen molar-refractivity contribution in [1.29, 1.82) is 0 Å². The number of benzene rings is 2. The molecule has 1 N–H and O–H groups in total. The Morgan fingerprint density at radius 3 is 2.48 bits per heavy atom. The topological polar surface area (TPSA) is 51.2 Å². The van der Waals surface area contributed by atoms with Crippen molar-refractivity contribution in [1.82, 2.24) is 4.98 Å². The van der Waals surface area contributed by atoms with E-state index in [9.17, 15) is 4.79 Å². The van der Waals surface area contributed by atoms with E-state index in [1.807, 2.05) is 5.38 Å². The van der Waals surface area contributed by atoms with E-state index in [1.54, 1.807) is 31.2 Å². The molecule has 4 nitrogen and oxygen atoms in total. The number of aromatic nitrogens is 1. The van der Waals surface area contributed by atoms with E-state index >= 15 is 0 Å². The summed E-state index contributed by atoms with van der Waals surface area (Å²) in [5, 5.41) is 5.96. The van der Waals surface area contributed by atoms with E-state index in [4.69, 9.17) is 16.3 Å². The molecule has 0 radical (unpaired) electrons. The van der Waals surface area contributed by atoms with Gasteiger partial charge < -0.3 is 4.74 Å². The molecule has 27 heavy (non-hydrogen) atoms. The van der Waals surface area contributed by atoms with Gasteiger partial charge in [0, 0.05) is 16.0 Å². The maximum atomic E-state index is 12.4. The summed E-state index contributed by atoms with van der Waals surface area (Å²) in [6, 6.07) is 11.2. The summed E-state index contributed by atoms with van der Waals surface area (Å²) in [6.45, 7) is 7.96. The van der Waals surface area contributed by atoms with Crippen LogP contribution >= 0.6 is 22.9 Å². The number of ether oxygens (including phenoxy) is 1. The minimum absolute atomic E-state index is 0.248. The van der Waals surface area contributed by atoms with Crippen molar-refractivity contribution in [2.75, 3.05) is 5.32 Å². The Bertz CT molecular complexity index is 967. The maximum Gasteiger partial charge on any atom is 0.266 e. The second-order valence-electron chi connectivity index (χ2n) is 6.49. The van der Waals surface area contributed by atoms with Gasteiger partial charge in [0.25, 0.3) is 5.91 Å². The molecule has 0 bridgehead atoms. The summed E-state index contributed by atoms with van der Waals surface area (Å²) in [5.41, 5.74) is 5.59. The number of carbonyl (C=O) groups excluding carboxylic acids is 1. The van der Waals surface area contributed by atoms with E-state index in [1.165, 1.54) is 28.0 Å². The second kappa shape index (κ2) is 8.11. The number of nitrogens with zero attached hydrogens (tertiary/aromatic N) is 1. The molecular weight excluding hydrogens is 380 g/mol. The Kier molecular flexibility index (Phi) is 5.82. The molecule has 2 aromatic carbocycles. The van der Waals surface area contributed by atoms with Crippen LogP contribution in [0.2, 0.25) is 5.02 Å². The van der Waals surface area contributed by atoms with Crippen LogP contribution in [-0.4, -0.2) is 17.0 Å². The molecule has 1 amide bonds. The summed E-state index contributed by atoms with van der Waals surface area (Å²) < 4.78 is 5.65. The van der Waals surface area contributed by atoms with Crippen molar-refractivity contribution in [3.8, 4) is 17.0 Å². The number of anilines is 1. The van der Waals surface area contributed by atoms with Gasteiger partial charge in [0.1, 0.15) is 5.75 Å². The third-order valence-electron chi connectivity index (χ3n) is 4.35. The molecule has 0 unspecified atom stereocenters. The van der Waals surface area contributed by atoms with Gasteiger partial charge in [-0.05, 0) is 74.7 Å². The molecular formula is C21H21ClN2O2S. The lowest BCUT2D eigenvalue weighted by molar-refractivity contribution is -0.122. The van der Waals surface area contributed by atoms with Crippen LogP contribution in [0.5, 0.6) is 5.75 Å². The predicted octanol–water partition coefficient (Wildman–Crippen LogP) is 5.79. The first-order valence-electron chi connectivity index (χ1n) is 8.60. The van der Waals surface area contributed by atoms with Gasteiger partial charge >= 0.3 is 0 Å². The summed E-state index contributed by atoms with van der Waals surface area (Å²) >= 11 is 7.26. The third kappa shape index (κ3) is 4.67. The van der Waals surface area contributed by atoms with Crippen molar-refractivity contribution in [2.45, 2.75) is 33.8 Å². The van der Waals surface area contributed by atoms with Gasteiger partial charge in [0.05, 0.1) is 5.69 Å². The largest absolute Gasteiger partial charge is 0.481 e. The monoisotopic (exact) mass is 400 g/mol. The first kappa shape index (κ1) is 19.4. The lowest BCUT2D eigenvalue weighted by Crippen LogP contribution is -2.30. The highest BCUT2D eigenvalue weighted by Gasteiger charge is 2.17. The van der Waals surface area contributed by atoms with Crippen LogP contribution in [0.25, 0.3) is 11.3 Å². The molecule has 6 heteroatoms. The lowest BCUT2D eigenvalue weighted by atomic mass is 9.99. The fraction of sp³-hybridized carbons (Fsp3) is 0.238. The zero-order chi connectivity index (χ0) is 19.6. The molecule has 1 aromatic heterocycles. The Balaban J connectivity index is 1.69. The lowest BCUT2D eigenvalue weighted by Gasteiger charge is -2.13. The average molecular weight is 401 g/mol. The molecule has 0 saturated heterocycles. The van der Waals surface area contributed by atoms with Gasteiger partial charge in [-0.1, -0.05) is 17.7 Å². The van der Waals surface area contributed by atoms with Crippen LogP contribution in [0.1, 0.15) is 23.6 Å². The third-order valence-corrected chi connectivity index (χ3v) is 5.36. The molecule has 3 rings (SSSR count). The van der Waals surface area contributed by atoms with Crippen molar-refractivity contribution < 1.29 is 9.53 Å². The summed E-state index contributed by atoms with van der Waals surface area (Å²) in [6.07, 6.45) is -0.651. The van der Waals surface area contributed by atoms with Crippen LogP contribution in [0, 0.1) is 20.8 Å². The smallest absolute Gasteiger partial charge is 0.266 e. The number of rotatable bonds is 5. The first-order valence-corrected chi connectivity index (χ1v) is 9.86. The Morgan fingerprint density at radius 1 is 1.11 bits per heavy atom. The van der Waals surface area contributed by atoms with Crippen molar-refractivity contribution in [2.24, 2.45) is 0 Å². The summed E-state index contributed by atoms with van der Waals surface area (Å²) in [4.78, 5) is 17.0. The molecule has 3 aromatic rings. The van der Waals surface area contributed by atoms with Crippen LogP contribution in [0.4, 0.5) is 5.13 Å². The van der Waals surface area contributed by atoms with Gasteiger partial charge in [0.2, 0.25) is 0 Å².